The molecule has 0 fully saturated rings. The Hall–Kier alpha value is -2.25. The van der Waals surface area contributed by atoms with E-state index in [1.165, 1.54) is 11.1 Å². The van der Waals surface area contributed by atoms with Gasteiger partial charge in [0.25, 0.3) is 0 Å². The molecule has 0 aromatic heterocycles. The number of para-hydroxylation sites is 2. The average molecular weight is 445 g/mol. The molecule has 0 atom stereocenters. The van der Waals surface area contributed by atoms with Crippen molar-refractivity contribution in [1.29, 1.82) is 0 Å². The van der Waals surface area contributed by atoms with Gasteiger partial charge in [0.05, 0.1) is 17.1 Å². The Morgan fingerprint density at radius 1 is 0.767 bits per heavy atom. The van der Waals surface area contributed by atoms with Crippen LogP contribution in [-0.2, 0) is 29.3 Å². The van der Waals surface area contributed by atoms with Gasteiger partial charge in [0.1, 0.15) is 0 Å². The topological polar surface area (TPSA) is 24.7 Å². The van der Waals surface area contributed by atoms with Crippen LogP contribution in [0.5, 0.6) is 0 Å². The van der Waals surface area contributed by atoms with Gasteiger partial charge >= 0.3 is 0 Å². The van der Waals surface area contributed by atoms with E-state index in [2.05, 4.69) is 86.7 Å². The fraction of sp³-hybridized carbons (Fsp3) is 0.333. The van der Waals surface area contributed by atoms with Gasteiger partial charge in [-0.15, -0.1) is 0 Å². The third-order valence-corrected chi connectivity index (χ3v) is 4.78. The predicted octanol–water partition coefficient (Wildman–Crippen LogP) is 7.98. The molecule has 0 aliphatic heterocycles. The monoisotopic (exact) mass is 444 g/mol. The van der Waals surface area contributed by atoms with Crippen molar-refractivity contribution < 1.29 is 16.5 Å². The third kappa shape index (κ3) is 9.50. The molecule has 0 spiro atoms. The van der Waals surface area contributed by atoms with Crippen molar-refractivity contribution in [3.63, 3.8) is 0 Å². The molecule has 0 saturated carbocycles. The summed E-state index contributed by atoms with van der Waals surface area (Å²) in [6.45, 7) is 6.16. The Balaban J connectivity index is 0.00000450. The molecule has 0 aliphatic rings. The van der Waals surface area contributed by atoms with Crippen molar-refractivity contribution >= 4 is 23.3 Å². The van der Waals surface area contributed by atoms with Crippen molar-refractivity contribution in [3.8, 4) is 0 Å². The van der Waals surface area contributed by atoms with Crippen molar-refractivity contribution in [1.82, 2.24) is 0 Å². The first-order valence-corrected chi connectivity index (χ1v) is 10.7. The van der Waals surface area contributed by atoms with Crippen molar-refractivity contribution in [2.75, 3.05) is 0 Å². The van der Waals surface area contributed by atoms with Crippen LogP contribution in [0.1, 0.15) is 57.6 Å². The summed E-state index contributed by atoms with van der Waals surface area (Å²) >= 11 is 0. The summed E-state index contributed by atoms with van der Waals surface area (Å²) in [7, 11) is 0. The molecule has 0 aliphatic carbocycles. The molecule has 0 heterocycles. The minimum Gasteiger partial charge on any atom is -0.255 e. The molecule has 0 N–H and O–H groups in total. The molecule has 0 unspecified atom stereocenters. The maximum atomic E-state index is 4.83. The normalized spacial score (nSPS) is 12.2. The van der Waals surface area contributed by atoms with Gasteiger partial charge in [-0.2, -0.15) is 0 Å². The maximum Gasteiger partial charge on any atom is 0.0665 e. The summed E-state index contributed by atoms with van der Waals surface area (Å²) in [5.74, 6) is 0. The van der Waals surface area contributed by atoms with Gasteiger partial charge in [-0.25, -0.2) is 0 Å². The van der Waals surface area contributed by atoms with E-state index in [0.29, 0.717) is 0 Å². The number of aliphatic imine (C=N–C) groups is 2. The molecule has 3 heteroatoms. The van der Waals surface area contributed by atoms with E-state index in [9.17, 15) is 0 Å². The van der Waals surface area contributed by atoms with Crippen LogP contribution in [0.25, 0.3) is 0 Å². The predicted molar refractivity (Wildman–Crippen MR) is 129 cm³/mol. The zero-order chi connectivity index (χ0) is 20.7. The summed E-state index contributed by atoms with van der Waals surface area (Å²) in [6, 6.07) is 16.8. The van der Waals surface area contributed by atoms with Crippen LogP contribution in [0, 0.1) is 0 Å². The molecule has 30 heavy (non-hydrogen) atoms. The van der Waals surface area contributed by atoms with Crippen LogP contribution >= 0.6 is 0 Å². The van der Waals surface area contributed by atoms with E-state index < -0.39 is 0 Å². The number of aryl methyl sites for hydroxylation is 2. The van der Waals surface area contributed by atoms with E-state index >= 15 is 0 Å². The van der Waals surface area contributed by atoms with E-state index in [1.807, 2.05) is 13.1 Å². The number of hydrogen-bond donors (Lipinski definition) is 0. The number of unbranched alkanes of at least 4 members (excludes halogenated alkanes) is 2. The van der Waals surface area contributed by atoms with Gasteiger partial charge in [-0.1, -0.05) is 60.7 Å². The molecule has 0 radical (unpaired) electrons. The largest absolute Gasteiger partial charge is 0.255 e. The van der Waals surface area contributed by atoms with Crippen LogP contribution in [0.15, 0.2) is 82.8 Å². The van der Waals surface area contributed by atoms with Crippen LogP contribution in [0.3, 0.4) is 0 Å². The molecule has 0 amide bonds. The molecular formula is C27H34N2Ni. The number of rotatable bonds is 11. The Kier molecular flexibility index (Phi) is 13.4. The second-order valence-electron chi connectivity index (χ2n) is 7.19. The van der Waals surface area contributed by atoms with Gasteiger partial charge in [0, 0.05) is 22.7 Å². The summed E-state index contributed by atoms with van der Waals surface area (Å²) in [5, 5.41) is 0. The van der Waals surface area contributed by atoms with E-state index in [1.54, 1.807) is 0 Å². The third-order valence-electron chi connectivity index (χ3n) is 4.78. The molecule has 2 aromatic rings. The Morgan fingerprint density at radius 2 is 1.27 bits per heavy atom. The molecule has 2 nitrogen and oxygen atoms in total. The number of benzene rings is 2. The van der Waals surface area contributed by atoms with Crippen LogP contribution in [0.4, 0.5) is 11.4 Å². The number of allylic oxidation sites excluding steroid dienone is 4. The second-order valence-corrected chi connectivity index (χ2v) is 7.19. The van der Waals surface area contributed by atoms with Crippen LogP contribution in [-0.4, -0.2) is 11.9 Å². The molecule has 0 bridgehead atoms. The SMILES string of the molecule is CC=CCCCc1ccccc1N=CC(C)=Nc1ccccc1CCCC=CC.[Ni]. The van der Waals surface area contributed by atoms with Gasteiger partial charge in [-0.05, 0) is 82.6 Å². The maximum absolute atomic E-state index is 4.83. The summed E-state index contributed by atoms with van der Waals surface area (Å²) in [4.78, 5) is 9.56. The minimum absolute atomic E-state index is 0. The number of nitrogens with zero attached hydrogens (tertiary/aromatic N) is 2. The van der Waals surface area contributed by atoms with E-state index in [-0.39, 0.29) is 16.5 Å². The van der Waals surface area contributed by atoms with E-state index in [0.717, 1.165) is 55.6 Å². The first-order valence-electron chi connectivity index (χ1n) is 10.7. The standard InChI is InChI=1S/C27H34N2.Ni/c1-4-6-8-10-16-24-18-12-14-20-26(24)28-22-23(3)29-27-21-15-13-19-25(27)17-11-9-7-5-2;/h4-7,12-15,18-22H,8-11,16-17H2,1-3H3;. The van der Waals surface area contributed by atoms with Gasteiger partial charge < -0.3 is 0 Å². The Morgan fingerprint density at radius 3 is 1.83 bits per heavy atom. The van der Waals surface area contributed by atoms with Crippen LogP contribution in [0.2, 0.25) is 0 Å². The summed E-state index contributed by atoms with van der Waals surface area (Å²) in [6.07, 6.45) is 17.2. The molecule has 2 aromatic carbocycles. The molecule has 2 rings (SSSR count). The van der Waals surface area contributed by atoms with Crippen molar-refractivity contribution in [2.45, 2.75) is 59.3 Å². The molecule has 162 valence electrons. The van der Waals surface area contributed by atoms with Crippen molar-refractivity contribution in [2.24, 2.45) is 9.98 Å². The molecule has 0 saturated heterocycles. The second kappa shape index (κ2) is 15.6. The van der Waals surface area contributed by atoms with Gasteiger partial charge in [0.15, 0.2) is 0 Å². The first kappa shape index (κ1) is 25.8. The number of hydrogen-bond acceptors (Lipinski definition) is 2. The van der Waals surface area contributed by atoms with E-state index in [4.69, 9.17) is 9.98 Å². The first-order chi connectivity index (χ1) is 14.2. The quantitative estimate of drug-likeness (QED) is 0.145. The van der Waals surface area contributed by atoms with Gasteiger partial charge in [-0.3, -0.25) is 9.98 Å². The van der Waals surface area contributed by atoms with Crippen LogP contribution < -0.4 is 0 Å². The summed E-state index contributed by atoms with van der Waals surface area (Å²) < 4.78 is 0. The Labute approximate surface area is 192 Å². The van der Waals surface area contributed by atoms with Crippen molar-refractivity contribution in [3.05, 3.63) is 84.0 Å². The molecular weight excluding hydrogens is 411 g/mol. The minimum atomic E-state index is 0. The smallest absolute Gasteiger partial charge is 0.0665 e. The fourth-order valence-corrected chi connectivity index (χ4v) is 3.22. The zero-order valence-corrected chi connectivity index (χ0v) is 19.4. The zero-order valence-electron chi connectivity index (χ0n) is 18.5. The average Bonchev–Trinajstić information content (AvgIpc) is 2.74. The fourth-order valence-electron chi connectivity index (χ4n) is 3.22. The van der Waals surface area contributed by atoms with Gasteiger partial charge in [0.2, 0.25) is 0 Å². The summed E-state index contributed by atoms with van der Waals surface area (Å²) in [5.41, 5.74) is 5.62. The Bertz CT molecular complexity index is 863.